The molecule has 2 aromatic heterocycles. The minimum absolute atomic E-state index is 0.116. The first-order chi connectivity index (χ1) is 10.1. The van der Waals surface area contributed by atoms with Gasteiger partial charge in [-0.2, -0.15) is 5.26 Å². The van der Waals surface area contributed by atoms with Gasteiger partial charge >= 0.3 is 0 Å². The van der Waals surface area contributed by atoms with Crippen molar-refractivity contribution in [1.29, 1.82) is 5.26 Å². The lowest BCUT2D eigenvalue weighted by atomic mass is 10.2. The minimum atomic E-state index is -0.407. The molecule has 4 nitrogen and oxygen atoms in total. The second-order valence-electron chi connectivity index (χ2n) is 5.07. The number of rotatable bonds is 2. The van der Waals surface area contributed by atoms with E-state index in [4.69, 9.17) is 5.26 Å². The highest BCUT2D eigenvalue weighted by atomic mass is 19.1. The second-order valence-corrected chi connectivity index (χ2v) is 5.07. The number of pyridine rings is 1. The van der Waals surface area contributed by atoms with Crippen LogP contribution in [0.1, 0.15) is 25.5 Å². The molecule has 3 rings (SSSR count). The monoisotopic (exact) mass is 280 g/mol. The van der Waals surface area contributed by atoms with Crippen molar-refractivity contribution < 1.29 is 4.39 Å². The summed E-state index contributed by atoms with van der Waals surface area (Å²) >= 11 is 0. The minimum Gasteiger partial charge on any atom is -0.321 e. The number of aromatic nitrogens is 3. The number of imidazole rings is 1. The van der Waals surface area contributed by atoms with Crippen LogP contribution < -0.4 is 0 Å². The second kappa shape index (κ2) is 4.98. The Balaban J connectivity index is 2.35. The summed E-state index contributed by atoms with van der Waals surface area (Å²) in [7, 11) is 0. The average molecular weight is 280 g/mol. The highest BCUT2D eigenvalue weighted by Crippen LogP contribution is 2.29. The first-order valence-corrected chi connectivity index (χ1v) is 6.64. The van der Waals surface area contributed by atoms with Gasteiger partial charge in [0.15, 0.2) is 5.82 Å². The van der Waals surface area contributed by atoms with Gasteiger partial charge in [0.1, 0.15) is 5.82 Å². The Morgan fingerprint density at radius 1 is 1.29 bits per heavy atom. The zero-order chi connectivity index (χ0) is 15.0. The number of hydrogen-bond acceptors (Lipinski definition) is 3. The van der Waals surface area contributed by atoms with Gasteiger partial charge in [-0.15, -0.1) is 0 Å². The Morgan fingerprint density at radius 2 is 2.10 bits per heavy atom. The molecule has 0 spiro atoms. The van der Waals surface area contributed by atoms with Crippen molar-refractivity contribution in [1.82, 2.24) is 14.5 Å². The first-order valence-electron chi connectivity index (χ1n) is 6.64. The molecule has 0 saturated heterocycles. The van der Waals surface area contributed by atoms with E-state index in [1.165, 1.54) is 6.20 Å². The van der Waals surface area contributed by atoms with E-state index >= 15 is 0 Å². The summed E-state index contributed by atoms with van der Waals surface area (Å²) in [5.74, 6) is 0.144. The molecule has 21 heavy (non-hydrogen) atoms. The van der Waals surface area contributed by atoms with Gasteiger partial charge in [0.05, 0.1) is 34.4 Å². The fourth-order valence-corrected chi connectivity index (χ4v) is 2.44. The Kier molecular flexibility index (Phi) is 3.15. The van der Waals surface area contributed by atoms with E-state index in [1.807, 2.05) is 24.5 Å². The molecule has 0 unspecified atom stereocenters. The summed E-state index contributed by atoms with van der Waals surface area (Å²) < 4.78 is 16.0. The molecule has 0 radical (unpaired) electrons. The normalized spacial score (nSPS) is 11.0. The number of nitriles is 1. The first kappa shape index (κ1) is 13.3. The standard InChI is InChI=1S/C16H13FN4/c1-10(2)21-15-4-3-11(8-18)7-14(15)20-16(21)12-5-6-19-9-13(12)17/h3-7,9-10H,1-2H3. The van der Waals surface area contributed by atoms with E-state index in [1.54, 1.807) is 24.4 Å². The topological polar surface area (TPSA) is 54.5 Å². The fourth-order valence-electron chi connectivity index (χ4n) is 2.44. The number of hydrogen-bond donors (Lipinski definition) is 0. The largest absolute Gasteiger partial charge is 0.321 e. The van der Waals surface area contributed by atoms with Crippen molar-refractivity contribution in [2.75, 3.05) is 0 Å². The van der Waals surface area contributed by atoms with Gasteiger partial charge in [0.2, 0.25) is 0 Å². The summed E-state index contributed by atoms with van der Waals surface area (Å²) in [5.41, 5.74) is 2.52. The van der Waals surface area contributed by atoms with Gasteiger partial charge in [0.25, 0.3) is 0 Å². The Morgan fingerprint density at radius 3 is 2.76 bits per heavy atom. The van der Waals surface area contributed by atoms with E-state index in [0.29, 0.717) is 22.5 Å². The Bertz CT molecular complexity index is 858. The zero-order valence-electron chi connectivity index (χ0n) is 11.7. The van der Waals surface area contributed by atoms with Gasteiger partial charge in [-0.25, -0.2) is 9.37 Å². The molecule has 0 saturated carbocycles. The van der Waals surface area contributed by atoms with Crippen LogP contribution in [-0.2, 0) is 0 Å². The molecule has 1 aromatic carbocycles. The summed E-state index contributed by atoms with van der Waals surface area (Å²) in [4.78, 5) is 8.29. The molecule has 0 amide bonds. The van der Waals surface area contributed by atoms with Crippen LogP contribution in [0.3, 0.4) is 0 Å². The number of nitrogens with zero attached hydrogens (tertiary/aromatic N) is 4. The van der Waals surface area contributed by atoms with Crippen molar-refractivity contribution in [3.63, 3.8) is 0 Å². The molecule has 0 fully saturated rings. The molecule has 0 N–H and O–H groups in total. The quantitative estimate of drug-likeness (QED) is 0.719. The van der Waals surface area contributed by atoms with Crippen LogP contribution in [0.15, 0.2) is 36.7 Å². The number of benzene rings is 1. The molecule has 0 aliphatic carbocycles. The highest BCUT2D eigenvalue weighted by Gasteiger charge is 2.17. The molecular formula is C16H13FN4. The SMILES string of the molecule is CC(C)n1c(-c2ccncc2F)nc2cc(C#N)ccc21. The molecular weight excluding hydrogens is 267 g/mol. The lowest BCUT2D eigenvalue weighted by molar-refractivity contribution is 0.604. The maximum absolute atomic E-state index is 14.0. The van der Waals surface area contributed by atoms with Crippen molar-refractivity contribution in [3.8, 4) is 17.5 Å². The van der Waals surface area contributed by atoms with Gasteiger partial charge in [-0.3, -0.25) is 4.98 Å². The van der Waals surface area contributed by atoms with E-state index in [-0.39, 0.29) is 6.04 Å². The van der Waals surface area contributed by atoms with Gasteiger partial charge in [-0.1, -0.05) is 0 Å². The molecule has 2 heterocycles. The summed E-state index contributed by atoms with van der Waals surface area (Å²) in [6, 6.07) is 9.14. The summed E-state index contributed by atoms with van der Waals surface area (Å²) in [6.45, 7) is 4.03. The maximum atomic E-state index is 14.0. The van der Waals surface area contributed by atoms with Crippen molar-refractivity contribution in [3.05, 3.63) is 48.0 Å². The molecule has 0 aliphatic rings. The number of fused-ring (bicyclic) bond motifs is 1. The van der Waals surface area contributed by atoms with Crippen molar-refractivity contribution >= 4 is 11.0 Å². The van der Waals surface area contributed by atoms with Crippen LogP contribution in [0.4, 0.5) is 4.39 Å². The van der Waals surface area contributed by atoms with Crippen LogP contribution in [0.2, 0.25) is 0 Å². The van der Waals surface area contributed by atoms with Crippen molar-refractivity contribution in [2.24, 2.45) is 0 Å². The van der Waals surface area contributed by atoms with E-state index in [9.17, 15) is 4.39 Å². The van der Waals surface area contributed by atoms with Gasteiger partial charge in [0, 0.05) is 12.2 Å². The van der Waals surface area contributed by atoms with E-state index in [2.05, 4.69) is 16.0 Å². The predicted molar refractivity (Wildman–Crippen MR) is 78.0 cm³/mol. The van der Waals surface area contributed by atoms with Gasteiger partial charge < -0.3 is 4.57 Å². The third kappa shape index (κ3) is 2.15. The van der Waals surface area contributed by atoms with Crippen LogP contribution in [0.25, 0.3) is 22.4 Å². The predicted octanol–water partition coefficient (Wildman–Crippen LogP) is 3.69. The zero-order valence-corrected chi connectivity index (χ0v) is 11.7. The van der Waals surface area contributed by atoms with E-state index in [0.717, 1.165) is 5.52 Å². The Labute approximate surface area is 121 Å². The van der Waals surface area contributed by atoms with Crippen LogP contribution in [0, 0.1) is 17.1 Å². The molecule has 0 atom stereocenters. The smallest absolute Gasteiger partial charge is 0.152 e. The number of halogens is 1. The lowest BCUT2D eigenvalue weighted by Gasteiger charge is -2.13. The molecule has 0 aliphatic heterocycles. The highest BCUT2D eigenvalue weighted by molar-refractivity contribution is 5.82. The average Bonchev–Trinajstić information content (AvgIpc) is 2.85. The summed E-state index contributed by atoms with van der Waals surface area (Å²) in [5, 5.41) is 8.99. The summed E-state index contributed by atoms with van der Waals surface area (Å²) in [6.07, 6.45) is 2.73. The van der Waals surface area contributed by atoms with Crippen LogP contribution in [0.5, 0.6) is 0 Å². The van der Waals surface area contributed by atoms with Crippen LogP contribution in [-0.4, -0.2) is 14.5 Å². The third-order valence-corrected chi connectivity index (χ3v) is 3.35. The maximum Gasteiger partial charge on any atom is 0.152 e. The van der Waals surface area contributed by atoms with Crippen LogP contribution >= 0.6 is 0 Å². The van der Waals surface area contributed by atoms with E-state index < -0.39 is 5.82 Å². The molecule has 5 heteroatoms. The van der Waals surface area contributed by atoms with Gasteiger partial charge in [-0.05, 0) is 38.1 Å². The molecule has 104 valence electrons. The fraction of sp³-hybridized carbons (Fsp3) is 0.188. The molecule has 0 bridgehead atoms. The Hall–Kier alpha value is -2.74. The van der Waals surface area contributed by atoms with Crippen molar-refractivity contribution in [2.45, 2.75) is 19.9 Å². The lowest BCUT2D eigenvalue weighted by Crippen LogP contribution is -2.04. The third-order valence-electron chi connectivity index (χ3n) is 3.35. The molecule has 3 aromatic rings.